The summed E-state index contributed by atoms with van der Waals surface area (Å²) in [5, 5.41) is 6.76. The molecule has 0 fully saturated rings. The van der Waals surface area contributed by atoms with Crippen molar-refractivity contribution in [3.63, 3.8) is 0 Å². The smallest absolute Gasteiger partial charge is 0.278 e. The van der Waals surface area contributed by atoms with Crippen LogP contribution in [0.4, 0.5) is 10.8 Å². The van der Waals surface area contributed by atoms with E-state index in [4.69, 9.17) is 0 Å². The largest absolute Gasteiger partial charge is 0.375 e. The second kappa shape index (κ2) is 6.81. The molecule has 7 heteroatoms. The molecule has 0 aromatic carbocycles. The molecule has 0 bridgehead atoms. The van der Waals surface area contributed by atoms with Crippen molar-refractivity contribution in [2.75, 3.05) is 17.2 Å². The number of hydrogen-bond donors (Lipinski definition) is 2. The first kappa shape index (κ1) is 14.9. The topological polar surface area (TPSA) is 66.9 Å². The van der Waals surface area contributed by atoms with Crippen molar-refractivity contribution in [1.82, 2.24) is 9.97 Å². The van der Waals surface area contributed by atoms with Gasteiger partial charge in [-0.15, -0.1) is 11.3 Å². The SMILES string of the molecule is CC(C)CNc1scnc1C(=O)Nc1cccc(Br)n1. The maximum atomic E-state index is 12.2. The zero-order valence-corrected chi connectivity index (χ0v) is 13.6. The van der Waals surface area contributed by atoms with Crippen molar-refractivity contribution in [2.45, 2.75) is 13.8 Å². The number of carbonyl (C=O) groups is 1. The lowest BCUT2D eigenvalue weighted by Gasteiger charge is -2.08. The van der Waals surface area contributed by atoms with Crippen molar-refractivity contribution >= 4 is 44.0 Å². The quantitative estimate of drug-likeness (QED) is 0.804. The normalized spacial score (nSPS) is 10.6. The summed E-state index contributed by atoms with van der Waals surface area (Å²) in [6.07, 6.45) is 0. The molecule has 0 saturated heterocycles. The van der Waals surface area contributed by atoms with Crippen LogP contribution >= 0.6 is 27.3 Å². The van der Waals surface area contributed by atoms with Gasteiger partial charge in [0.05, 0.1) is 5.51 Å². The van der Waals surface area contributed by atoms with Crippen LogP contribution < -0.4 is 10.6 Å². The van der Waals surface area contributed by atoms with Gasteiger partial charge in [-0.25, -0.2) is 9.97 Å². The van der Waals surface area contributed by atoms with Gasteiger partial charge in [-0.3, -0.25) is 4.79 Å². The van der Waals surface area contributed by atoms with Crippen molar-refractivity contribution in [2.24, 2.45) is 5.92 Å². The number of anilines is 2. The Kier molecular flexibility index (Phi) is 5.08. The van der Waals surface area contributed by atoms with Gasteiger partial charge in [0.15, 0.2) is 5.69 Å². The van der Waals surface area contributed by atoms with Gasteiger partial charge >= 0.3 is 0 Å². The van der Waals surface area contributed by atoms with Crippen LogP contribution in [-0.2, 0) is 0 Å². The Balaban J connectivity index is 2.08. The Bertz CT molecular complexity index is 600. The van der Waals surface area contributed by atoms with E-state index in [2.05, 4.69) is 50.4 Å². The molecular weight excluding hydrogens is 340 g/mol. The van der Waals surface area contributed by atoms with E-state index in [1.54, 1.807) is 17.6 Å². The number of amides is 1. The highest BCUT2D eigenvalue weighted by atomic mass is 79.9. The second-order valence-corrected chi connectivity index (χ2v) is 6.27. The molecule has 106 valence electrons. The molecule has 0 aliphatic rings. The van der Waals surface area contributed by atoms with Crippen LogP contribution in [0.25, 0.3) is 0 Å². The minimum absolute atomic E-state index is 0.261. The molecule has 0 aliphatic carbocycles. The second-order valence-electron chi connectivity index (χ2n) is 4.60. The Morgan fingerprint density at radius 2 is 2.25 bits per heavy atom. The minimum atomic E-state index is -0.261. The zero-order valence-electron chi connectivity index (χ0n) is 11.2. The standard InChI is InChI=1S/C13H15BrN4OS/c1-8(2)6-15-13-11(16-7-20-13)12(19)18-10-5-3-4-9(14)17-10/h3-5,7-8,15H,6H2,1-2H3,(H,17,18,19). The lowest BCUT2D eigenvalue weighted by atomic mass is 10.2. The molecule has 2 rings (SSSR count). The number of carbonyl (C=O) groups excluding carboxylic acids is 1. The summed E-state index contributed by atoms with van der Waals surface area (Å²) in [6, 6.07) is 5.34. The molecule has 0 atom stereocenters. The summed E-state index contributed by atoms with van der Waals surface area (Å²) in [4.78, 5) is 20.5. The highest BCUT2D eigenvalue weighted by Gasteiger charge is 2.15. The molecule has 2 aromatic rings. The van der Waals surface area contributed by atoms with Gasteiger partial charge in [0, 0.05) is 6.54 Å². The molecule has 0 radical (unpaired) electrons. The van der Waals surface area contributed by atoms with Crippen LogP contribution in [-0.4, -0.2) is 22.4 Å². The Morgan fingerprint density at radius 1 is 1.45 bits per heavy atom. The summed E-state index contributed by atoms with van der Waals surface area (Å²) in [5.74, 6) is 0.732. The highest BCUT2D eigenvalue weighted by molar-refractivity contribution is 9.10. The molecule has 1 amide bonds. The fourth-order valence-corrected chi connectivity index (χ4v) is 2.51. The molecule has 20 heavy (non-hydrogen) atoms. The number of hydrogen-bond acceptors (Lipinski definition) is 5. The van der Waals surface area contributed by atoms with Gasteiger partial charge in [-0.2, -0.15) is 0 Å². The molecule has 5 nitrogen and oxygen atoms in total. The first-order chi connectivity index (χ1) is 9.56. The molecule has 0 spiro atoms. The zero-order chi connectivity index (χ0) is 14.5. The number of aromatic nitrogens is 2. The average molecular weight is 355 g/mol. The molecule has 0 aliphatic heterocycles. The van der Waals surface area contributed by atoms with E-state index in [9.17, 15) is 4.79 Å². The van der Waals surface area contributed by atoms with Gasteiger partial charge < -0.3 is 10.6 Å². The van der Waals surface area contributed by atoms with Crippen molar-refractivity contribution in [3.8, 4) is 0 Å². The molecule has 0 saturated carbocycles. The lowest BCUT2D eigenvalue weighted by molar-refractivity contribution is 0.102. The van der Waals surface area contributed by atoms with Gasteiger partial charge in [0.25, 0.3) is 5.91 Å². The minimum Gasteiger partial charge on any atom is -0.375 e. The van der Waals surface area contributed by atoms with Crippen LogP contribution in [0.3, 0.4) is 0 Å². The van der Waals surface area contributed by atoms with Crippen LogP contribution in [0.15, 0.2) is 28.3 Å². The van der Waals surface area contributed by atoms with Crippen molar-refractivity contribution < 1.29 is 4.79 Å². The average Bonchev–Trinajstić information content (AvgIpc) is 2.84. The van der Waals surface area contributed by atoms with E-state index in [1.165, 1.54) is 11.3 Å². The number of nitrogens with zero attached hydrogens (tertiary/aromatic N) is 2. The summed E-state index contributed by atoms with van der Waals surface area (Å²) in [6.45, 7) is 5.02. The molecule has 2 aromatic heterocycles. The summed E-state index contributed by atoms with van der Waals surface area (Å²) in [7, 11) is 0. The monoisotopic (exact) mass is 354 g/mol. The maximum Gasteiger partial charge on any atom is 0.278 e. The summed E-state index contributed by atoms with van der Waals surface area (Å²) in [5.41, 5.74) is 2.06. The van der Waals surface area contributed by atoms with E-state index in [0.29, 0.717) is 22.0 Å². The predicted molar refractivity (Wildman–Crippen MR) is 85.3 cm³/mol. The third-order valence-corrected chi connectivity index (χ3v) is 3.64. The van der Waals surface area contributed by atoms with E-state index < -0.39 is 0 Å². The van der Waals surface area contributed by atoms with Crippen molar-refractivity contribution in [3.05, 3.63) is 34.0 Å². The number of nitrogens with one attached hydrogen (secondary N) is 2. The van der Waals surface area contributed by atoms with Crippen LogP contribution in [0.2, 0.25) is 0 Å². The predicted octanol–water partition coefficient (Wildman–Crippen LogP) is 3.62. The maximum absolute atomic E-state index is 12.2. The summed E-state index contributed by atoms with van der Waals surface area (Å²) >= 11 is 4.69. The lowest BCUT2D eigenvalue weighted by Crippen LogP contribution is -2.16. The van der Waals surface area contributed by atoms with E-state index in [-0.39, 0.29) is 5.91 Å². The number of pyridine rings is 1. The van der Waals surface area contributed by atoms with E-state index in [0.717, 1.165) is 11.5 Å². The fourth-order valence-electron chi connectivity index (χ4n) is 1.48. The number of rotatable bonds is 5. The highest BCUT2D eigenvalue weighted by Crippen LogP contribution is 2.21. The van der Waals surface area contributed by atoms with Gasteiger partial charge in [0.2, 0.25) is 0 Å². The molecule has 0 unspecified atom stereocenters. The number of halogens is 1. The first-order valence-corrected chi connectivity index (χ1v) is 7.85. The van der Waals surface area contributed by atoms with Gasteiger partial charge in [-0.05, 0) is 34.0 Å². The van der Waals surface area contributed by atoms with Crippen LogP contribution in [0.5, 0.6) is 0 Å². The van der Waals surface area contributed by atoms with Crippen LogP contribution in [0.1, 0.15) is 24.3 Å². The summed E-state index contributed by atoms with van der Waals surface area (Å²) < 4.78 is 0.673. The van der Waals surface area contributed by atoms with E-state index in [1.807, 2.05) is 6.07 Å². The number of thiazole rings is 1. The Labute approximate surface area is 130 Å². The van der Waals surface area contributed by atoms with Gasteiger partial charge in [0.1, 0.15) is 15.4 Å². The Hall–Kier alpha value is -1.47. The molecular formula is C13H15BrN4OS. The third-order valence-electron chi connectivity index (χ3n) is 2.41. The third kappa shape index (κ3) is 4.01. The van der Waals surface area contributed by atoms with Crippen LogP contribution in [0, 0.1) is 5.92 Å². The van der Waals surface area contributed by atoms with Gasteiger partial charge in [-0.1, -0.05) is 19.9 Å². The van der Waals surface area contributed by atoms with Crippen molar-refractivity contribution in [1.29, 1.82) is 0 Å². The molecule has 2 N–H and O–H groups in total. The Morgan fingerprint density at radius 3 is 2.95 bits per heavy atom. The molecule has 2 heterocycles. The first-order valence-electron chi connectivity index (χ1n) is 6.17. The van der Waals surface area contributed by atoms with E-state index >= 15 is 0 Å². The fraction of sp³-hybridized carbons (Fsp3) is 0.308.